The van der Waals surface area contributed by atoms with Crippen molar-refractivity contribution in [2.75, 3.05) is 13.2 Å². The molecule has 0 spiro atoms. The molecule has 1 saturated heterocycles. The second-order valence-electron chi connectivity index (χ2n) is 5.60. The van der Waals surface area contributed by atoms with Crippen molar-refractivity contribution in [3.63, 3.8) is 0 Å². The molecule has 0 amide bonds. The molecule has 2 heterocycles. The number of likely N-dealkylation sites (tertiary alicyclic amines) is 1. The van der Waals surface area contributed by atoms with E-state index in [-0.39, 0.29) is 0 Å². The zero-order chi connectivity index (χ0) is 12.5. The van der Waals surface area contributed by atoms with Crippen LogP contribution in [0.2, 0.25) is 0 Å². The maximum atomic E-state index is 6.05. The first-order valence-corrected chi connectivity index (χ1v) is 6.92. The number of hydrogen-bond donors (Lipinski definition) is 1. The standard InChI is InChI=1S/C15H22N2O/c1-11-8-13(16)6-7-17(11)15-10-18-9-12-4-2-3-5-14(12)15/h2-5,11,13,15H,6-10,16H2,1H3. The van der Waals surface area contributed by atoms with Gasteiger partial charge in [-0.25, -0.2) is 0 Å². The minimum atomic E-state index is 0.371. The lowest BCUT2D eigenvalue weighted by molar-refractivity contribution is 0.00235. The van der Waals surface area contributed by atoms with Crippen LogP contribution in [-0.4, -0.2) is 30.1 Å². The van der Waals surface area contributed by atoms with Crippen molar-refractivity contribution in [1.82, 2.24) is 4.90 Å². The summed E-state index contributed by atoms with van der Waals surface area (Å²) in [5.74, 6) is 0. The fourth-order valence-corrected chi connectivity index (χ4v) is 3.33. The Balaban J connectivity index is 1.85. The van der Waals surface area contributed by atoms with Gasteiger partial charge in [-0.2, -0.15) is 0 Å². The summed E-state index contributed by atoms with van der Waals surface area (Å²) in [5.41, 5.74) is 8.85. The Hall–Kier alpha value is -0.900. The Morgan fingerprint density at radius 1 is 1.33 bits per heavy atom. The maximum absolute atomic E-state index is 6.05. The third-order valence-electron chi connectivity index (χ3n) is 4.32. The van der Waals surface area contributed by atoms with Crippen molar-refractivity contribution in [3.05, 3.63) is 35.4 Å². The summed E-state index contributed by atoms with van der Waals surface area (Å²) < 4.78 is 5.76. The minimum absolute atomic E-state index is 0.371. The predicted octanol–water partition coefficient (Wildman–Crippen LogP) is 2.07. The molecular weight excluding hydrogens is 224 g/mol. The van der Waals surface area contributed by atoms with Crippen molar-refractivity contribution in [1.29, 1.82) is 0 Å². The molecule has 2 aliphatic heterocycles. The van der Waals surface area contributed by atoms with Crippen LogP contribution in [0.4, 0.5) is 0 Å². The van der Waals surface area contributed by atoms with Gasteiger partial charge in [-0.15, -0.1) is 0 Å². The van der Waals surface area contributed by atoms with E-state index < -0.39 is 0 Å². The molecule has 98 valence electrons. The molecule has 0 aromatic heterocycles. The van der Waals surface area contributed by atoms with Crippen molar-refractivity contribution in [2.24, 2.45) is 5.73 Å². The Kier molecular flexibility index (Phi) is 3.37. The van der Waals surface area contributed by atoms with Crippen molar-refractivity contribution < 1.29 is 4.74 Å². The fourth-order valence-electron chi connectivity index (χ4n) is 3.33. The Labute approximate surface area is 109 Å². The van der Waals surface area contributed by atoms with Crippen LogP contribution >= 0.6 is 0 Å². The van der Waals surface area contributed by atoms with Crippen LogP contribution < -0.4 is 5.73 Å². The SMILES string of the molecule is CC1CC(N)CCN1C1COCc2ccccc21. The summed E-state index contributed by atoms with van der Waals surface area (Å²) in [6.07, 6.45) is 2.20. The van der Waals surface area contributed by atoms with Crippen LogP contribution in [-0.2, 0) is 11.3 Å². The summed E-state index contributed by atoms with van der Waals surface area (Å²) in [6, 6.07) is 10.0. The second kappa shape index (κ2) is 5.00. The van der Waals surface area contributed by atoms with Crippen molar-refractivity contribution in [3.8, 4) is 0 Å². The van der Waals surface area contributed by atoms with Gasteiger partial charge in [-0.3, -0.25) is 4.90 Å². The molecule has 3 unspecified atom stereocenters. The van der Waals surface area contributed by atoms with Crippen LogP contribution in [0.3, 0.4) is 0 Å². The molecule has 2 N–H and O–H groups in total. The maximum Gasteiger partial charge on any atom is 0.0721 e. The second-order valence-corrected chi connectivity index (χ2v) is 5.60. The van der Waals surface area contributed by atoms with Crippen molar-refractivity contribution in [2.45, 2.75) is 44.5 Å². The van der Waals surface area contributed by atoms with Gasteiger partial charge < -0.3 is 10.5 Å². The quantitative estimate of drug-likeness (QED) is 0.824. The van der Waals surface area contributed by atoms with E-state index in [1.165, 1.54) is 11.1 Å². The van der Waals surface area contributed by atoms with Gasteiger partial charge >= 0.3 is 0 Å². The fraction of sp³-hybridized carbons (Fsp3) is 0.600. The lowest BCUT2D eigenvalue weighted by atomic mass is 9.92. The van der Waals surface area contributed by atoms with E-state index in [2.05, 4.69) is 36.1 Å². The number of fused-ring (bicyclic) bond motifs is 1. The largest absolute Gasteiger partial charge is 0.375 e. The summed E-state index contributed by atoms with van der Waals surface area (Å²) in [7, 11) is 0. The molecule has 3 atom stereocenters. The number of nitrogens with two attached hydrogens (primary N) is 1. The van der Waals surface area contributed by atoms with Gasteiger partial charge in [-0.1, -0.05) is 24.3 Å². The third kappa shape index (κ3) is 2.18. The topological polar surface area (TPSA) is 38.5 Å². The Bertz CT molecular complexity index is 421. The zero-order valence-corrected chi connectivity index (χ0v) is 11.0. The van der Waals surface area contributed by atoms with E-state index in [4.69, 9.17) is 10.5 Å². The smallest absolute Gasteiger partial charge is 0.0721 e. The van der Waals surface area contributed by atoms with Gasteiger partial charge in [0.05, 0.1) is 19.3 Å². The van der Waals surface area contributed by atoms with Crippen LogP contribution in [0.15, 0.2) is 24.3 Å². The highest BCUT2D eigenvalue weighted by molar-refractivity contribution is 5.31. The van der Waals surface area contributed by atoms with Gasteiger partial charge in [-0.05, 0) is 30.9 Å². The summed E-state index contributed by atoms with van der Waals surface area (Å²) in [5, 5.41) is 0. The molecule has 3 heteroatoms. The molecule has 1 aromatic carbocycles. The molecule has 0 bridgehead atoms. The number of benzene rings is 1. The molecule has 3 rings (SSSR count). The van der Waals surface area contributed by atoms with E-state index in [1.54, 1.807) is 0 Å². The predicted molar refractivity (Wildman–Crippen MR) is 72.2 cm³/mol. The average Bonchev–Trinajstić information content (AvgIpc) is 2.38. The highest BCUT2D eigenvalue weighted by Crippen LogP contribution is 2.33. The van der Waals surface area contributed by atoms with Gasteiger partial charge in [0.25, 0.3) is 0 Å². The number of hydrogen-bond acceptors (Lipinski definition) is 3. The first-order valence-electron chi connectivity index (χ1n) is 6.92. The molecule has 0 aliphatic carbocycles. The highest BCUT2D eigenvalue weighted by Gasteiger charge is 2.32. The van der Waals surface area contributed by atoms with E-state index in [0.29, 0.717) is 18.1 Å². The number of rotatable bonds is 1. The average molecular weight is 246 g/mol. The molecular formula is C15H22N2O. The lowest BCUT2D eigenvalue weighted by Gasteiger charge is -2.43. The number of piperidine rings is 1. The van der Waals surface area contributed by atoms with E-state index in [0.717, 1.165) is 32.6 Å². The van der Waals surface area contributed by atoms with Gasteiger partial charge in [0, 0.05) is 18.6 Å². The molecule has 1 aromatic rings. The molecule has 3 nitrogen and oxygen atoms in total. The highest BCUT2D eigenvalue weighted by atomic mass is 16.5. The van der Waals surface area contributed by atoms with Crippen LogP contribution in [0.25, 0.3) is 0 Å². The summed E-state index contributed by atoms with van der Waals surface area (Å²) >= 11 is 0. The molecule has 2 aliphatic rings. The normalized spacial score (nSPS) is 33.1. The van der Waals surface area contributed by atoms with E-state index in [1.807, 2.05) is 0 Å². The Morgan fingerprint density at radius 2 is 2.17 bits per heavy atom. The first-order chi connectivity index (χ1) is 8.75. The van der Waals surface area contributed by atoms with Gasteiger partial charge in [0.2, 0.25) is 0 Å². The van der Waals surface area contributed by atoms with E-state index in [9.17, 15) is 0 Å². The molecule has 1 fully saturated rings. The minimum Gasteiger partial charge on any atom is -0.375 e. The van der Waals surface area contributed by atoms with Crippen LogP contribution in [0, 0.1) is 0 Å². The van der Waals surface area contributed by atoms with Gasteiger partial charge in [0.1, 0.15) is 0 Å². The Morgan fingerprint density at radius 3 is 3.00 bits per heavy atom. The molecule has 18 heavy (non-hydrogen) atoms. The molecule has 0 saturated carbocycles. The van der Waals surface area contributed by atoms with Gasteiger partial charge in [0.15, 0.2) is 0 Å². The third-order valence-corrected chi connectivity index (χ3v) is 4.32. The summed E-state index contributed by atoms with van der Waals surface area (Å²) in [6.45, 7) is 4.95. The number of ether oxygens (including phenoxy) is 1. The molecule has 0 radical (unpaired) electrons. The monoisotopic (exact) mass is 246 g/mol. The van der Waals surface area contributed by atoms with E-state index >= 15 is 0 Å². The van der Waals surface area contributed by atoms with Crippen LogP contribution in [0.5, 0.6) is 0 Å². The van der Waals surface area contributed by atoms with Crippen LogP contribution in [0.1, 0.15) is 36.9 Å². The lowest BCUT2D eigenvalue weighted by Crippen LogP contribution is -2.48. The summed E-state index contributed by atoms with van der Waals surface area (Å²) in [4.78, 5) is 2.57. The number of nitrogens with zero attached hydrogens (tertiary/aromatic N) is 1. The zero-order valence-electron chi connectivity index (χ0n) is 11.0. The van der Waals surface area contributed by atoms with Crippen molar-refractivity contribution >= 4 is 0 Å². The first kappa shape index (κ1) is 12.2.